The van der Waals surface area contributed by atoms with Crippen molar-refractivity contribution < 1.29 is 9.53 Å². The Bertz CT molecular complexity index is 355. The molecule has 1 aromatic heterocycles. The molecule has 0 bridgehead atoms. The van der Waals surface area contributed by atoms with E-state index in [4.69, 9.17) is 10.5 Å². The molecule has 5 heteroatoms. The summed E-state index contributed by atoms with van der Waals surface area (Å²) in [6, 6.07) is 1.99. The third-order valence-electron chi connectivity index (χ3n) is 1.74. The molecule has 1 rings (SSSR count). The lowest BCUT2D eigenvalue weighted by Gasteiger charge is -2.19. The molecule has 3 N–H and O–H groups in total. The SMILES string of the molecule is CC(C)(C)OC(=O)NCc1csc(CN)c1. The van der Waals surface area contributed by atoms with Gasteiger partial charge in [0.1, 0.15) is 5.60 Å². The van der Waals surface area contributed by atoms with E-state index in [9.17, 15) is 4.79 Å². The summed E-state index contributed by atoms with van der Waals surface area (Å²) in [5, 5.41) is 4.68. The van der Waals surface area contributed by atoms with Crippen LogP contribution in [-0.2, 0) is 17.8 Å². The van der Waals surface area contributed by atoms with Gasteiger partial charge in [0.2, 0.25) is 0 Å². The zero-order valence-corrected chi connectivity index (χ0v) is 10.7. The van der Waals surface area contributed by atoms with Crippen molar-refractivity contribution in [2.75, 3.05) is 0 Å². The van der Waals surface area contributed by atoms with E-state index in [1.54, 1.807) is 11.3 Å². The molecule has 16 heavy (non-hydrogen) atoms. The van der Waals surface area contributed by atoms with Crippen LogP contribution in [-0.4, -0.2) is 11.7 Å². The maximum atomic E-state index is 11.4. The highest BCUT2D eigenvalue weighted by Crippen LogP contribution is 2.14. The fraction of sp³-hybridized carbons (Fsp3) is 0.545. The summed E-state index contributed by atoms with van der Waals surface area (Å²) >= 11 is 1.60. The molecular weight excluding hydrogens is 224 g/mol. The number of carbonyl (C=O) groups excluding carboxylic acids is 1. The lowest BCUT2D eigenvalue weighted by Crippen LogP contribution is -2.32. The molecule has 0 atom stereocenters. The molecule has 0 unspecified atom stereocenters. The number of nitrogens with one attached hydrogen (secondary N) is 1. The van der Waals surface area contributed by atoms with Crippen molar-refractivity contribution >= 4 is 17.4 Å². The van der Waals surface area contributed by atoms with Gasteiger partial charge in [0, 0.05) is 18.0 Å². The average Bonchev–Trinajstić information content (AvgIpc) is 2.59. The normalized spacial score (nSPS) is 11.2. The Kier molecular flexibility index (Phi) is 4.32. The van der Waals surface area contributed by atoms with Gasteiger partial charge in [-0.1, -0.05) is 0 Å². The quantitative estimate of drug-likeness (QED) is 0.854. The molecule has 0 aromatic carbocycles. The first kappa shape index (κ1) is 13.0. The van der Waals surface area contributed by atoms with Gasteiger partial charge in [0.05, 0.1) is 0 Å². The monoisotopic (exact) mass is 242 g/mol. The van der Waals surface area contributed by atoms with Gasteiger partial charge < -0.3 is 15.8 Å². The highest BCUT2D eigenvalue weighted by molar-refractivity contribution is 7.10. The van der Waals surface area contributed by atoms with E-state index in [0.29, 0.717) is 13.1 Å². The highest BCUT2D eigenvalue weighted by Gasteiger charge is 2.15. The highest BCUT2D eigenvalue weighted by atomic mass is 32.1. The summed E-state index contributed by atoms with van der Waals surface area (Å²) in [6.07, 6.45) is -0.395. The van der Waals surface area contributed by atoms with Crippen LogP contribution in [0.5, 0.6) is 0 Å². The van der Waals surface area contributed by atoms with Crippen molar-refractivity contribution in [3.63, 3.8) is 0 Å². The summed E-state index contributed by atoms with van der Waals surface area (Å²) in [4.78, 5) is 12.5. The Morgan fingerprint density at radius 1 is 1.56 bits per heavy atom. The first-order chi connectivity index (χ1) is 7.40. The Labute approximate surface area is 99.8 Å². The summed E-state index contributed by atoms with van der Waals surface area (Å²) in [7, 11) is 0. The molecule has 0 fully saturated rings. The number of nitrogens with two attached hydrogens (primary N) is 1. The third kappa shape index (κ3) is 4.63. The smallest absolute Gasteiger partial charge is 0.407 e. The van der Waals surface area contributed by atoms with E-state index in [0.717, 1.165) is 10.4 Å². The van der Waals surface area contributed by atoms with Gasteiger partial charge >= 0.3 is 6.09 Å². The molecule has 0 spiro atoms. The fourth-order valence-electron chi connectivity index (χ4n) is 1.11. The van der Waals surface area contributed by atoms with Crippen molar-refractivity contribution in [3.05, 3.63) is 21.9 Å². The van der Waals surface area contributed by atoms with Gasteiger partial charge in [0.25, 0.3) is 0 Å². The lowest BCUT2D eigenvalue weighted by atomic mass is 10.2. The zero-order chi connectivity index (χ0) is 12.2. The largest absolute Gasteiger partial charge is 0.444 e. The average molecular weight is 242 g/mol. The number of hydrogen-bond donors (Lipinski definition) is 2. The van der Waals surface area contributed by atoms with Crippen LogP contribution in [0.4, 0.5) is 4.79 Å². The van der Waals surface area contributed by atoms with Gasteiger partial charge in [-0.2, -0.15) is 0 Å². The molecule has 0 saturated carbocycles. The Morgan fingerprint density at radius 2 is 2.25 bits per heavy atom. The van der Waals surface area contributed by atoms with E-state index in [-0.39, 0.29) is 0 Å². The van der Waals surface area contributed by atoms with Crippen LogP contribution in [0.15, 0.2) is 11.4 Å². The number of amides is 1. The molecule has 1 aromatic rings. The number of carbonyl (C=O) groups is 1. The number of rotatable bonds is 3. The molecule has 0 aliphatic rings. The molecule has 1 amide bonds. The van der Waals surface area contributed by atoms with Crippen molar-refractivity contribution in [2.24, 2.45) is 5.73 Å². The Hall–Kier alpha value is -1.07. The lowest BCUT2D eigenvalue weighted by molar-refractivity contribution is 0.0523. The first-order valence-corrected chi connectivity index (χ1v) is 6.02. The van der Waals surface area contributed by atoms with Gasteiger partial charge in [-0.25, -0.2) is 4.79 Å². The second-order valence-electron chi connectivity index (χ2n) is 4.48. The van der Waals surface area contributed by atoms with Crippen LogP contribution >= 0.6 is 11.3 Å². The maximum Gasteiger partial charge on any atom is 0.407 e. The minimum Gasteiger partial charge on any atom is -0.444 e. The Balaban J connectivity index is 2.37. The van der Waals surface area contributed by atoms with Crippen molar-refractivity contribution in [1.82, 2.24) is 5.32 Å². The third-order valence-corrected chi connectivity index (χ3v) is 2.75. The minimum absolute atomic E-state index is 0.395. The maximum absolute atomic E-state index is 11.4. The van der Waals surface area contributed by atoms with Crippen molar-refractivity contribution in [2.45, 2.75) is 39.5 Å². The van der Waals surface area contributed by atoms with E-state index >= 15 is 0 Å². The number of thiophene rings is 1. The standard InChI is InChI=1S/C11H18N2O2S/c1-11(2,3)15-10(14)13-6-8-4-9(5-12)16-7-8/h4,7H,5-6,12H2,1-3H3,(H,13,14). The second-order valence-corrected chi connectivity index (χ2v) is 5.48. The second kappa shape index (κ2) is 5.32. The molecule has 4 nitrogen and oxygen atoms in total. The predicted molar refractivity (Wildman–Crippen MR) is 65.3 cm³/mol. The van der Waals surface area contributed by atoms with Crippen LogP contribution < -0.4 is 11.1 Å². The zero-order valence-electron chi connectivity index (χ0n) is 9.87. The molecule has 0 aliphatic heterocycles. The molecule has 0 aliphatic carbocycles. The van der Waals surface area contributed by atoms with Crippen molar-refractivity contribution in [3.8, 4) is 0 Å². The molecule has 0 radical (unpaired) electrons. The summed E-state index contributed by atoms with van der Waals surface area (Å²) in [5.41, 5.74) is 6.10. The fourth-order valence-corrected chi connectivity index (χ4v) is 1.88. The predicted octanol–water partition coefficient (Wildman–Crippen LogP) is 2.23. The van der Waals surface area contributed by atoms with Gasteiger partial charge in [-0.05, 0) is 37.8 Å². The summed E-state index contributed by atoms with van der Waals surface area (Å²) < 4.78 is 5.12. The number of alkyl carbamates (subject to hydrolysis) is 1. The van der Waals surface area contributed by atoms with Crippen LogP contribution in [0, 0.1) is 0 Å². The number of ether oxygens (including phenoxy) is 1. The van der Waals surface area contributed by atoms with Gasteiger partial charge in [0.15, 0.2) is 0 Å². The van der Waals surface area contributed by atoms with Crippen LogP contribution in [0.25, 0.3) is 0 Å². The molecule has 90 valence electrons. The van der Waals surface area contributed by atoms with E-state index < -0.39 is 11.7 Å². The topological polar surface area (TPSA) is 64.3 Å². The minimum atomic E-state index is -0.457. The Morgan fingerprint density at radius 3 is 2.75 bits per heavy atom. The van der Waals surface area contributed by atoms with Crippen LogP contribution in [0.1, 0.15) is 31.2 Å². The molecule has 0 saturated heterocycles. The van der Waals surface area contributed by atoms with E-state index in [1.807, 2.05) is 32.2 Å². The molecular formula is C11H18N2O2S. The summed E-state index contributed by atoms with van der Waals surface area (Å²) in [5.74, 6) is 0. The number of hydrogen-bond acceptors (Lipinski definition) is 4. The summed E-state index contributed by atoms with van der Waals surface area (Å²) in [6.45, 7) is 6.53. The molecule has 1 heterocycles. The van der Waals surface area contributed by atoms with Gasteiger partial charge in [-0.15, -0.1) is 11.3 Å². The first-order valence-electron chi connectivity index (χ1n) is 5.14. The van der Waals surface area contributed by atoms with Crippen molar-refractivity contribution in [1.29, 1.82) is 0 Å². The van der Waals surface area contributed by atoms with E-state index in [1.165, 1.54) is 0 Å². The van der Waals surface area contributed by atoms with E-state index in [2.05, 4.69) is 5.32 Å². The van der Waals surface area contributed by atoms with Gasteiger partial charge in [-0.3, -0.25) is 0 Å². The van der Waals surface area contributed by atoms with Crippen LogP contribution in [0.3, 0.4) is 0 Å². The van der Waals surface area contributed by atoms with Crippen LogP contribution in [0.2, 0.25) is 0 Å².